The van der Waals surface area contributed by atoms with E-state index in [4.69, 9.17) is 0 Å². The lowest BCUT2D eigenvalue weighted by Gasteiger charge is -2.01. The number of nitrogens with zero attached hydrogens (tertiary/aromatic N) is 3. The maximum atomic E-state index is 11.4. The molecule has 2 rings (SSSR count). The van der Waals surface area contributed by atoms with Crippen LogP contribution in [-0.2, 0) is 0 Å². The molecule has 0 atom stereocenters. The van der Waals surface area contributed by atoms with Gasteiger partial charge in [-0.15, -0.1) is 0 Å². The smallest absolute Gasteiger partial charge is 0.253 e. The van der Waals surface area contributed by atoms with Gasteiger partial charge in [0.2, 0.25) is 0 Å². The number of aromatic nitrogens is 3. The van der Waals surface area contributed by atoms with Gasteiger partial charge < -0.3 is 5.32 Å². The minimum atomic E-state index is -0.182. The number of rotatable bonds is 1. The zero-order valence-corrected chi connectivity index (χ0v) is 7.56. The van der Waals surface area contributed by atoms with Crippen LogP contribution in [0.2, 0.25) is 0 Å². The summed E-state index contributed by atoms with van der Waals surface area (Å²) in [4.78, 5) is 23.5. The molecule has 0 aliphatic rings. The maximum absolute atomic E-state index is 11.4. The van der Waals surface area contributed by atoms with E-state index in [0.717, 1.165) is 0 Å². The third-order valence-corrected chi connectivity index (χ3v) is 1.84. The molecule has 14 heavy (non-hydrogen) atoms. The van der Waals surface area contributed by atoms with Crippen molar-refractivity contribution < 1.29 is 4.79 Å². The van der Waals surface area contributed by atoms with Crippen LogP contribution in [0.25, 0.3) is 11.2 Å². The largest absolute Gasteiger partial charge is 0.355 e. The van der Waals surface area contributed by atoms with Crippen LogP contribution in [0.1, 0.15) is 10.4 Å². The SMILES string of the molecule is CNC(=O)c1ccnc2nccnc12. The number of nitrogens with one attached hydrogen (secondary N) is 1. The molecule has 2 heterocycles. The van der Waals surface area contributed by atoms with Crippen LogP contribution in [0.15, 0.2) is 24.7 Å². The maximum Gasteiger partial charge on any atom is 0.253 e. The summed E-state index contributed by atoms with van der Waals surface area (Å²) in [6, 6.07) is 1.62. The molecule has 0 bridgehead atoms. The van der Waals surface area contributed by atoms with Crippen LogP contribution in [0.5, 0.6) is 0 Å². The molecular weight excluding hydrogens is 180 g/mol. The minimum Gasteiger partial charge on any atom is -0.355 e. The number of fused-ring (bicyclic) bond motifs is 1. The number of carbonyl (C=O) groups is 1. The van der Waals surface area contributed by atoms with Gasteiger partial charge in [0.05, 0.1) is 5.56 Å². The van der Waals surface area contributed by atoms with Gasteiger partial charge in [-0.2, -0.15) is 0 Å². The van der Waals surface area contributed by atoms with Crippen LogP contribution in [0.3, 0.4) is 0 Å². The van der Waals surface area contributed by atoms with Crippen molar-refractivity contribution in [2.24, 2.45) is 0 Å². The summed E-state index contributed by atoms with van der Waals surface area (Å²) in [6.45, 7) is 0. The van der Waals surface area contributed by atoms with Crippen molar-refractivity contribution in [1.82, 2.24) is 20.3 Å². The zero-order valence-electron chi connectivity index (χ0n) is 7.56. The molecule has 0 spiro atoms. The third-order valence-electron chi connectivity index (χ3n) is 1.84. The van der Waals surface area contributed by atoms with Crippen LogP contribution >= 0.6 is 0 Å². The topological polar surface area (TPSA) is 67.8 Å². The summed E-state index contributed by atoms with van der Waals surface area (Å²) in [7, 11) is 1.57. The van der Waals surface area contributed by atoms with E-state index in [1.165, 1.54) is 6.20 Å². The lowest BCUT2D eigenvalue weighted by molar-refractivity contribution is 0.0964. The fraction of sp³-hybridized carbons (Fsp3) is 0.111. The molecule has 0 saturated heterocycles. The lowest BCUT2D eigenvalue weighted by atomic mass is 10.2. The summed E-state index contributed by atoms with van der Waals surface area (Å²) in [5.41, 5.74) is 1.49. The second kappa shape index (κ2) is 3.37. The molecule has 0 aliphatic carbocycles. The first kappa shape index (κ1) is 8.55. The van der Waals surface area contributed by atoms with E-state index >= 15 is 0 Å². The second-order valence-corrected chi connectivity index (χ2v) is 2.67. The first-order valence-electron chi connectivity index (χ1n) is 4.10. The van der Waals surface area contributed by atoms with Gasteiger partial charge >= 0.3 is 0 Å². The summed E-state index contributed by atoms with van der Waals surface area (Å²) >= 11 is 0. The monoisotopic (exact) mass is 188 g/mol. The Morgan fingerprint density at radius 1 is 1.21 bits per heavy atom. The first-order valence-corrected chi connectivity index (χ1v) is 4.10. The van der Waals surface area contributed by atoms with Crippen molar-refractivity contribution >= 4 is 17.1 Å². The van der Waals surface area contributed by atoms with Crippen LogP contribution in [0, 0.1) is 0 Å². The Labute approximate surface area is 80.2 Å². The van der Waals surface area contributed by atoms with Gasteiger partial charge in [-0.25, -0.2) is 9.97 Å². The Morgan fingerprint density at radius 3 is 2.71 bits per heavy atom. The van der Waals surface area contributed by atoms with Gasteiger partial charge in [-0.05, 0) is 6.07 Å². The predicted molar refractivity (Wildman–Crippen MR) is 50.7 cm³/mol. The number of hydrogen-bond acceptors (Lipinski definition) is 4. The number of pyridine rings is 1. The number of hydrogen-bond donors (Lipinski definition) is 1. The normalized spacial score (nSPS) is 10.1. The predicted octanol–water partition coefficient (Wildman–Crippen LogP) is 0.384. The summed E-state index contributed by atoms with van der Waals surface area (Å²) in [5.74, 6) is -0.182. The van der Waals surface area contributed by atoms with E-state index in [2.05, 4.69) is 20.3 Å². The first-order chi connectivity index (χ1) is 6.83. The molecule has 0 saturated carbocycles. The van der Waals surface area contributed by atoms with Crippen molar-refractivity contribution in [3.63, 3.8) is 0 Å². The van der Waals surface area contributed by atoms with Crippen molar-refractivity contribution in [2.45, 2.75) is 0 Å². The fourth-order valence-corrected chi connectivity index (χ4v) is 1.19. The molecule has 1 amide bonds. The van der Waals surface area contributed by atoms with E-state index in [-0.39, 0.29) is 5.91 Å². The van der Waals surface area contributed by atoms with Crippen LogP contribution < -0.4 is 5.32 Å². The molecule has 0 fully saturated rings. The van der Waals surface area contributed by atoms with Crippen molar-refractivity contribution in [3.8, 4) is 0 Å². The molecule has 0 unspecified atom stereocenters. The van der Waals surface area contributed by atoms with Crippen molar-refractivity contribution in [1.29, 1.82) is 0 Å². The van der Waals surface area contributed by atoms with Gasteiger partial charge in [-0.1, -0.05) is 0 Å². The third kappa shape index (κ3) is 1.28. The van der Waals surface area contributed by atoms with Gasteiger partial charge in [0.25, 0.3) is 5.91 Å². The van der Waals surface area contributed by atoms with E-state index < -0.39 is 0 Å². The Hall–Kier alpha value is -2.04. The van der Waals surface area contributed by atoms with E-state index in [0.29, 0.717) is 16.7 Å². The number of carbonyl (C=O) groups excluding carboxylic acids is 1. The highest BCUT2D eigenvalue weighted by atomic mass is 16.1. The molecular formula is C9H8N4O. The number of amides is 1. The quantitative estimate of drug-likeness (QED) is 0.702. The average Bonchev–Trinajstić information content (AvgIpc) is 2.27. The molecule has 2 aromatic rings. The molecule has 2 aromatic heterocycles. The van der Waals surface area contributed by atoms with E-state index in [9.17, 15) is 4.79 Å². The summed E-state index contributed by atoms with van der Waals surface area (Å²) < 4.78 is 0. The minimum absolute atomic E-state index is 0.182. The van der Waals surface area contributed by atoms with Crippen molar-refractivity contribution in [2.75, 3.05) is 7.05 Å². The average molecular weight is 188 g/mol. The summed E-state index contributed by atoms with van der Waals surface area (Å²) in [6.07, 6.45) is 4.63. The lowest BCUT2D eigenvalue weighted by Crippen LogP contribution is -2.18. The molecule has 1 N–H and O–H groups in total. The molecule has 5 nitrogen and oxygen atoms in total. The van der Waals surface area contributed by atoms with E-state index in [1.807, 2.05) is 0 Å². The Balaban J connectivity index is 2.71. The highest BCUT2D eigenvalue weighted by molar-refractivity contribution is 6.03. The highest BCUT2D eigenvalue weighted by Crippen LogP contribution is 2.10. The molecule has 0 aromatic carbocycles. The second-order valence-electron chi connectivity index (χ2n) is 2.67. The summed E-state index contributed by atoms with van der Waals surface area (Å²) in [5, 5.41) is 2.54. The molecule has 5 heteroatoms. The van der Waals surface area contributed by atoms with Crippen LogP contribution in [-0.4, -0.2) is 27.9 Å². The highest BCUT2D eigenvalue weighted by Gasteiger charge is 2.09. The van der Waals surface area contributed by atoms with E-state index in [1.54, 1.807) is 25.5 Å². The van der Waals surface area contributed by atoms with Crippen LogP contribution in [0.4, 0.5) is 0 Å². The van der Waals surface area contributed by atoms with Gasteiger partial charge in [0.1, 0.15) is 5.52 Å². The standard InChI is InChI=1S/C9H8N4O/c1-10-9(14)6-2-3-12-8-7(6)11-4-5-13-8/h2-5H,1H3,(H,10,14). The molecule has 0 aliphatic heterocycles. The Bertz CT molecular complexity index is 478. The Morgan fingerprint density at radius 2 is 1.93 bits per heavy atom. The fourth-order valence-electron chi connectivity index (χ4n) is 1.19. The molecule has 70 valence electrons. The zero-order chi connectivity index (χ0) is 9.97. The van der Waals surface area contributed by atoms with Gasteiger partial charge in [0.15, 0.2) is 5.65 Å². The Kier molecular flexibility index (Phi) is 2.06. The molecule has 0 radical (unpaired) electrons. The van der Waals surface area contributed by atoms with Gasteiger partial charge in [0, 0.05) is 25.6 Å². The van der Waals surface area contributed by atoms with Crippen molar-refractivity contribution in [3.05, 3.63) is 30.2 Å². The van der Waals surface area contributed by atoms with Gasteiger partial charge in [-0.3, -0.25) is 9.78 Å².